The molecule has 2 aliphatic rings. The van der Waals surface area contributed by atoms with Crippen LogP contribution in [-0.4, -0.2) is 0 Å². The lowest BCUT2D eigenvalue weighted by atomic mass is 10.0. The van der Waals surface area contributed by atoms with Crippen LogP contribution in [0.25, 0.3) is 11.1 Å². The van der Waals surface area contributed by atoms with E-state index in [0.717, 1.165) is 0 Å². The Morgan fingerprint density at radius 3 is 1.64 bits per heavy atom. The lowest BCUT2D eigenvalue weighted by Crippen LogP contribution is -1.86. The Kier molecular flexibility index (Phi) is 11.3. The third-order valence-corrected chi connectivity index (χ3v) is 6.24. The molecule has 0 radical (unpaired) electrons. The van der Waals surface area contributed by atoms with Gasteiger partial charge in [-0.25, -0.2) is 0 Å². The van der Waals surface area contributed by atoms with Crippen LogP contribution in [0.3, 0.4) is 0 Å². The molecule has 0 atom stereocenters. The van der Waals surface area contributed by atoms with Crippen molar-refractivity contribution < 1.29 is 0 Å². The van der Waals surface area contributed by atoms with Crippen molar-refractivity contribution in [1.29, 1.82) is 0 Å². The van der Waals surface area contributed by atoms with E-state index in [1.165, 1.54) is 107 Å². The zero-order valence-electron chi connectivity index (χ0n) is 18.9. The quantitative estimate of drug-likeness (QED) is 0.270. The van der Waals surface area contributed by atoms with Crippen LogP contribution in [0, 0.1) is 0 Å². The SMILES string of the molecule is CCCCCCCCCCCCCCCc1ccc2ccc(C(C)C)ccc1-2. The van der Waals surface area contributed by atoms with Crippen LogP contribution in [-0.2, 0) is 6.42 Å². The molecule has 0 aromatic carbocycles. The van der Waals surface area contributed by atoms with E-state index >= 15 is 0 Å². The normalized spacial score (nSPS) is 11.6. The van der Waals surface area contributed by atoms with Crippen LogP contribution >= 0.6 is 0 Å². The van der Waals surface area contributed by atoms with Crippen LogP contribution in [0.4, 0.5) is 0 Å². The summed E-state index contributed by atoms with van der Waals surface area (Å²) in [5, 5.41) is 0. The fourth-order valence-corrected chi connectivity index (χ4v) is 4.26. The topological polar surface area (TPSA) is 0 Å². The van der Waals surface area contributed by atoms with Crippen LogP contribution in [0.15, 0.2) is 36.4 Å². The molecule has 0 spiro atoms. The van der Waals surface area contributed by atoms with Gasteiger partial charge in [0.1, 0.15) is 0 Å². The Bertz CT molecular complexity index is 610. The third kappa shape index (κ3) is 8.38. The standard InChI is InChI=1S/C28H44/c1-4-5-6-7-8-9-10-11-12-13-14-15-16-17-26-20-21-27-19-18-25(24(2)3)22-23-28(26)27/h18-24H,4-17H2,1-3H3. The molecule has 0 aliphatic heterocycles. The van der Waals surface area contributed by atoms with E-state index < -0.39 is 0 Å². The molecule has 0 saturated heterocycles. The van der Waals surface area contributed by atoms with E-state index in [0.29, 0.717) is 5.92 Å². The Hall–Kier alpha value is -1.30. The summed E-state index contributed by atoms with van der Waals surface area (Å²) in [6.45, 7) is 6.84. The molecule has 0 fully saturated rings. The maximum absolute atomic E-state index is 2.35. The molecule has 0 heteroatoms. The summed E-state index contributed by atoms with van der Waals surface area (Å²) in [6, 6.07) is 13.9. The highest BCUT2D eigenvalue weighted by Gasteiger charge is 2.08. The Morgan fingerprint density at radius 2 is 1.07 bits per heavy atom. The summed E-state index contributed by atoms with van der Waals surface area (Å²) >= 11 is 0. The number of unbranched alkanes of at least 4 members (excludes halogenated alkanes) is 12. The fraction of sp³-hybridized carbons (Fsp3) is 0.643. The molecule has 28 heavy (non-hydrogen) atoms. The van der Waals surface area contributed by atoms with E-state index in [1.807, 2.05) is 0 Å². The van der Waals surface area contributed by atoms with Crippen LogP contribution in [0.5, 0.6) is 0 Å². The second-order valence-electron chi connectivity index (χ2n) is 9.04. The second kappa shape index (κ2) is 13.8. The number of rotatable bonds is 15. The molecule has 0 nitrogen and oxygen atoms in total. The van der Waals surface area contributed by atoms with Gasteiger partial charge in [-0.1, -0.05) is 134 Å². The van der Waals surface area contributed by atoms with E-state index in [9.17, 15) is 0 Å². The Morgan fingerprint density at radius 1 is 0.571 bits per heavy atom. The van der Waals surface area contributed by atoms with Crippen molar-refractivity contribution in [2.75, 3.05) is 0 Å². The first-order chi connectivity index (χ1) is 13.7. The predicted molar refractivity (Wildman–Crippen MR) is 127 cm³/mol. The minimum atomic E-state index is 0.598. The van der Waals surface area contributed by atoms with Crippen LogP contribution in [0.1, 0.15) is 121 Å². The molecule has 0 saturated carbocycles. The van der Waals surface area contributed by atoms with Crippen molar-refractivity contribution in [3.8, 4) is 11.1 Å². The molecule has 0 aromatic heterocycles. The van der Waals surface area contributed by atoms with Crippen molar-refractivity contribution in [3.63, 3.8) is 0 Å². The molecule has 0 N–H and O–H groups in total. The minimum Gasteiger partial charge on any atom is -0.0654 e. The molecule has 2 aliphatic carbocycles. The molecule has 0 aromatic rings. The van der Waals surface area contributed by atoms with Gasteiger partial charge in [0.15, 0.2) is 0 Å². The van der Waals surface area contributed by atoms with Crippen molar-refractivity contribution in [1.82, 2.24) is 0 Å². The largest absolute Gasteiger partial charge is 0.0654 e. The van der Waals surface area contributed by atoms with Gasteiger partial charge in [0.05, 0.1) is 0 Å². The minimum absolute atomic E-state index is 0.598. The first-order valence-electron chi connectivity index (χ1n) is 12.2. The summed E-state index contributed by atoms with van der Waals surface area (Å²) in [5.74, 6) is 0.598. The molecule has 0 unspecified atom stereocenters. The summed E-state index contributed by atoms with van der Waals surface area (Å²) in [7, 11) is 0. The molecule has 0 amide bonds. The van der Waals surface area contributed by atoms with Crippen molar-refractivity contribution in [3.05, 3.63) is 47.5 Å². The maximum atomic E-state index is 2.35. The molecular weight excluding hydrogens is 336 g/mol. The van der Waals surface area contributed by atoms with E-state index in [4.69, 9.17) is 0 Å². The number of fused-ring (bicyclic) bond motifs is 1. The maximum Gasteiger partial charge on any atom is -0.0152 e. The highest BCUT2D eigenvalue weighted by atomic mass is 14.1. The van der Waals surface area contributed by atoms with Crippen molar-refractivity contribution in [2.45, 2.75) is 117 Å². The summed E-state index contributed by atoms with van der Waals surface area (Å²) in [6.07, 6.45) is 19.8. The lowest BCUT2D eigenvalue weighted by Gasteiger charge is -2.04. The van der Waals surface area contributed by atoms with Gasteiger partial charge in [0, 0.05) is 0 Å². The predicted octanol–water partition coefficient (Wildman–Crippen LogP) is 9.55. The van der Waals surface area contributed by atoms with E-state index in [-0.39, 0.29) is 0 Å². The summed E-state index contributed by atoms with van der Waals surface area (Å²) in [4.78, 5) is 0. The number of aryl methyl sites for hydroxylation is 1. The Labute approximate surface area is 175 Å². The zero-order valence-corrected chi connectivity index (χ0v) is 18.9. The van der Waals surface area contributed by atoms with Gasteiger partial charge < -0.3 is 0 Å². The van der Waals surface area contributed by atoms with Gasteiger partial charge in [-0.3, -0.25) is 0 Å². The molecular formula is C28H44. The zero-order chi connectivity index (χ0) is 20.0. The Balaban J connectivity index is 1.54. The first kappa shape index (κ1) is 23.0. The van der Waals surface area contributed by atoms with Crippen molar-refractivity contribution >= 4 is 0 Å². The summed E-state index contributed by atoms with van der Waals surface area (Å²) < 4.78 is 0. The van der Waals surface area contributed by atoms with Gasteiger partial charge in [0.25, 0.3) is 0 Å². The molecule has 0 bridgehead atoms. The average molecular weight is 381 g/mol. The average Bonchev–Trinajstić information content (AvgIpc) is 2.93. The van der Waals surface area contributed by atoms with E-state index in [2.05, 4.69) is 57.2 Å². The third-order valence-electron chi connectivity index (χ3n) is 6.24. The summed E-state index contributed by atoms with van der Waals surface area (Å²) in [5.41, 5.74) is 5.84. The molecule has 2 rings (SSSR count). The highest BCUT2D eigenvalue weighted by Crippen LogP contribution is 2.30. The fourth-order valence-electron chi connectivity index (χ4n) is 4.26. The van der Waals surface area contributed by atoms with Gasteiger partial charge in [0.2, 0.25) is 0 Å². The first-order valence-corrected chi connectivity index (χ1v) is 12.2. The van der Waals surface area contributed by atoms with Gasteiger partial charge in [-0.15, -0.1) is 0 Å². The van der Waals surface area contributed by atoms with Crippen LogP contribution in [0.2, 0.25) is 0 Å². The monoisotopic (exact) mass is 380 g/mol. The van der Waals surface area contributed by atoms with Gasteiger partial charge in [-0.2, -0.15) is 0 Å². The molecule has 0 heterocycles. The van der Waals surface area contributed by atoms with Gasteiger partial charge >= 0.3 is 0 Å². The highest BCUT2D eigenvalue weighted by molar-refractivity contribution is 5.70. The smallest absolute Gasteiger partial charge is 0.0152 e. The van der Waals surface area contributed by atoms with Crippen LogP contribution < -0.4 is 0 Å². The molecule has 156 valence electrons. The van der Waals surface area contributed by atoms with Crippen molar-refractivity contribution in [2.24, 2.45) is 0 Å². The van der Waals surface area contributed by atoms with Gasteiger partial charge in [-0.05, 0) is 41.0 Å². The lowest BCUT2D eigenvalue weighted by molar-refractivity contribution is 0.539. The number of hydrogen-bond donors (Lipinski definition) is 0. The van der Waals surface area contributed by atoms with E-state index in [1.54, 1.807) is 5.56 Å². The second-order valence-corrected chi connectivity index (χ2v) is 9.04. The number of hydrogen-bond acceptors (Lipinski definition) is 0.